The maximum atomic E-state index is 11.7. The molecule has 0 aliphatic heterocycles. The summed E-state index contributed by atoms with van der Waals surface area (Å²) in [6.45, 7) is 0. The van der Waals surface area contributed by atoms with Crippen LogP contribution in [0.25, 0.3) is 0 Å². The van der Waals surface area contributed by atoms with Crippen LogP contribution in [-0.2, 0) is 9.53 Å². The molecule has 0 bridgehead atoms. The molecule has 0 spiro atoms. The first-order chi connectivity index (χ1) is 7.37. The highest BCUT2D eigenvalue weighted by atomic mass is 32.2. The minimum Gasteiger partial charge on any atom is -0.468 e. The Morgan fingerprint density at radius 3 is 2.50 bits per heavy atom. The van der Waals surface area contributed by atoms with Crippen molar-refractivity contribution in [3.63, 3.8) is 0 Å². The molecular weight excluding hydrogens is 263 g/mol. The number of esters is 1. The van der Waals surface area contributed by atoms with Gasteiger partial charge in [0, 0.05) is 11.5 Å². The van der Waals surface area contributed by atoms with Crippen LogP contribution in [0.1, 0.15) is 6.42 Å². The predicted octanol–water partition coefficient (Wildman–Crippen LogP) is 1.86. The van der Waals surface area contributed by atoms with Gasteiger partial charge in [-0.3, -0.25) is 4.79 Å². The van der Waals surface area contributed by atoms with Crippen LogP contribution in [-0.4, -0.2) is 41.9 Å². The van der Waals surface area contributed by atoms with E-state index in [-0.39, 0.29) is 17.5 Å². The van der Waals surface area contributed by atoms with Crippen LogP contribution >= 0.6 is 23.5 Å². The van der Waals surface area contributed by atoms with Gasteiger partial charge in [0.2, 0.25) is 0 Å². The van der Waals surface area contributed by atoms with E-state index in [2.05, 4.69) is 4.74 Å². The number of methoxy groups -OCH3 is 1. The van der Waals surface area contributed by atoms with Gasteiger partial charge < -0.3 is 10.5 Å². The number of nitrogens with two attached hydrogens (primary N) is 1. The summed E-state index contributed by atoms with van der Waals surface area (Å²) >= 11 is 1.30. The number of rotatable bonds is 7. The van der Waals surface area contributed by atoms with E-state index >= 15 is 0 Å². The van der Waals surface area contributed by atoms with E-state index in [1.165, 1.54) is 18.9 Å². The Hall–Kier alpha value is -0.0800. The number of halogens is 3. The van der Waals surface area contributed by atoms with Crippen molar-refractivity contribution in [1.82, 2.24) is 0 Å². The summed E-state index contributed by atoms with van der Waals surface area (Å²) in [4.78, 5) is 10.9. The summed E-state index contributed by atoms with van der Waals surface area (Å²) in [6, 6.07) is -0.687. The average molecular weight is 277 g/mol. The topological polar surface area (TPSA) is 52.3 Å². The lowest BCUT2D eigenvalue weighted by Crippen LogP contribution is -2.32. The van der Waals surface area contributed by atoms with Gasteiger partial charge in [-0.25, -0.2) is 0 Å². The van der Waals surface area contributed by atoms with Crippen LogP contribution in [0.4, 0.5) is 13.2 Å². The van der Waals surface area contributed by atoms with Gasteiger partial charge >= 0.3 is 11.5 Å². The third-order valence-electron chi connectivity index (χ3n) is 1.57. The van der Waals surface area contributed by atoms with E-state index in [1.54, 1.807) is 0 Å². The summed E-state index contributed by atoms with van der Waals surface area (Å²) < 4.78 is 39.6. The third-order valence-corrected chi connectivity index (χ3v) is 3.58. The second kappa shape index (κ2) is 8.08. The van der Waals surface area contributed by atoms with Crippen LogP contribution in [0, 0.1) is 0 Å². The molecule has 0 aromatic carbocycles. The maximum Gasteiger partial charge on any atom is 0.441 e. The van der Waals surface area contributed by atoms with Gasteiger partial charge in [-0.2, -0.15) is 24.9 Å². The van der Waals surface area contributed by atoms with Crippen molar-refractivity contribution >= 4 is 29.5 Å². The molecule has 0 rings (SSSR count). The van der Waals surface area contributed by atoms with Crippen LogP contribution in [0.15, 0.2) is 0 Å². The first kappa shape index (κ1) is 15.9. The Kier molecular flexibility index (Phi) is 8.04. The maximum absolute atomic E-state index is 11.7. The summed E-state index contributed by atoms with van der Waals surface area (Å²) in [6.07, 6.45) is 0.411. The van der Waals surface area contributed by atoms with E-state index in [4.69, 9.17) is 5.73 Å². The van der Waals surface area contributed by atoms with E-state index < -0.39 is 17.5 Å². The third kappa shape index (κ3) is 9.17. The number of thioether (sulfide) groups is 2. The highest BCUT2D eigenvalue weighted by molar-refractivity contribution is 8.03. The Bertz CT molecular complexity index is 214. The first-order valence-corrected chi connectivity index (χ1v) is 6.62. The van der Waals surface area contributed by atoms with Crippen molar-refractivity contribution < 1.29 is 22.7 Å². The Morgan fingerprint density at radius 1 is 1.38 bits per heavy atom. The molecule has 8 heteroatoms. The minimum atomic E-state index is -4.16. The van der Waals surface area contributed by atoms with E-state index in [0.717, 1.165) is 0 Å². The number of hydrogen-bond donors (Lipinski definition) is 1. The molecule has 0 heterocycles. The molecule has 0 aliphatic rings. The van der Waals surface area contributed by atoms with Crippen molar-refractivity contribution in [3.05, 3.63) is 0 Å². The molecule has 1 atom stereocenters. The molecule has 0 radical (unpaired) electrons. The quantitative estimate of drug-likeness (QED) is 0.568. The fraction of sp³-hybridized carbons (Fsp3) is 0.875. The van der Waals surface area contributed by atoms with Crippen molar-refractivity contribution in [2.24, 2.45) is 5.73 Å². The van der Waals surface area contributed by atoms with E-state index in [1.807, 2.05) is 0 Å². The molecule has 0 aromatic heterocycles. The number of hydrogen-bond acceptors (Lipinski definition) is 5. The van der Waals surface area contributed by atoms with Gasteiger partial charge in [-0.05, 0) is 12.2 Å². The lowest BCUT2D eigenvalue weighted by atomic mass is 10.2. The number of carbonyl (C=O) groups excluding carboxylic acids is 1. The molecule has 1 unspecified atom stereocenters. The molecule has 0 fully saturated rings. The molecule has 0 aromatic rings. The first-order valence-electron chi connectivity index (χ1n) is 4.48. The normalized spacial score (nSPS) is 13.6. The average Bonchev–Trinajstić information content (AvgIpc) is 2.20. The van der Waals surface area contributed by atoms with Crippen LogP contribution < -0.4 is 5.73 Å². The molecule has 16 heavy (non-hydrogen) atoms. The van der Waals surface area contributed by atoms with Gasteiger partial charge in [0.15, 0.2) is 0 Å². The second-order valence-corrected chi connectivity index (χ2v) is 5.21. The zero-order valence-electron chi connectivity index (χ0n) is 8.75. The highest BCUT2D eigenvalue weighted by Gasteiger charge is 2.27. The minimum absolute atomic E-state index is 0.0155. The van der Waals surface area contributed by atoms with Crippen molar-refractivity contribution in [1.29, 1.82) is 0 Å². The zero-order chi connectivity index (χ0) is 12.6. The van der Waals surface area contributed by atoms with Gasteiger partial charge in [0.25, 0.3) is 0 Å². The van der Waals surface area contributed by atoms with Crippen LogP contribution in [0.3, 0.4) is 0 Å². The summed E-state index contributed by atoms with van der Waals surface area (Å²) in [7, 11) is 1.25. The predicted molar refractivity (Wildman–Crippen MR) is 60.4 cm³/mol. The molecule has 96 valence electrons. The SMILES string of the molecule is COC(=O)C(N)CCSCCSC(F)(F)F. The standard InChI is InChI=1S/C8H14F3NO2S2/c1-14-7(13)6(12)2-3-15-4-5-16-8(9,10)11/h6H,2-5,12H2,1H3. The van der Waals surface area contributed by atoms with Crippen molar-refractivity contribution in [2.45, 2.75) is 18.0 Å². The Balaban J connectivity index is 3.37. The second-order valence-electron chi connectivity index (χ2n) is 2.82. The largest absolute Gasteiger partial charge is 0.468 e. The summed E-state index contributed by atoms with van der Waals surface area (Å²) in [5.41, 5.74) is 1.27. The number of alkyl halides is 3. The fourth-order valence-electron chi connectivity index (χ4n) is 0.798. The van der Waals surface area contributed by atoms with Crippen molar-refractivity contribution in [2.75, 3.05) is 24.4 Å². The van der Waals surface area contributed by atoms with Crippen LogP contribution in [0.5, 0.6) is 0 Å². The van der Waals surface area contributed by atoms with Gasteiger partial charge in [0.1, 0.15) is 6.04 Å². The highest BCUT2D eigenvalue weighted by Crippen LogP contribution is 2.30. The Morgan fingerprint density at radius 2 is 2.00 bits per heavy atom. The molecule has 0 amide bonds. The van der Waals surface area contributed by atoms with Gasteiger partial charge in [-0.15, -0.1) is 0 Å². The number of ether oxygens (including phenoxy) is 1. The Labute approximate surface area is 101 Å². The summed E-state index contributed by atoms with van der Waals surface area (Å²) in [5.74, 6) is 0.458. The number of carbonyl (C=O) groups is 1. The molecule has 2 N–H and O–H groups in total. The summed E-state index contributed by atoms with van der Waals surface area (Å²) in [5, 5.41) is 0. The molecule has 0 saturated heterocycles. The molecule has 3 nitrogen and oxygen atoms in total. The van der Waals surface area contributed by atoms with E-state index in [0.29, 0.717) is 17.9 Å². The zero-order valence-corrected chi connectivity index (χ0v) is 10.4. The lowest BCUT2D eigenvalue weighted by molar-refractivity contribution is -0.142. The van der Waals surface area contributed by atoms with Gasteiger partial charge in [0.05, 0.1) is 7.11 Å². The van der Waals surface area contributed by atoms with Gasteiger partial charge in [-0.1, -0.05) is 11.8 Å². The van der Waals surface area contributed by atoms with Crippen molar-refractivity contribution in [3.8, 4) is 0 Å². The van der Waals surface area contributed by atoms with E-state index in [9.17, 15) is 18.0 Å². The molecule has 0 aliphatic carbocycles. The molecule has 0 saturated carbocycles. The van der Waals surface area contributed by atoms with Crippen LogP contribution in [0.2, 0.25) is 0 Å². The fourth-order valence-corrected chi connectivity index (χ4v) is 2.46. The molecular formula is C8H14F3NO2S2. The monoisotopic (exact) mass is 277 g/mol. The lowest BCUT2D eigenvalue weighted by Gasteiger charge is -2.08. The smallest absolute Gasteiger partial charge is 0.441 e.